The average Bonchev–Trinajstić information content (AvgIpc) is 3.21. The Kier molecular flexibility index (Phi) is 3.55. The Hall–Kier alpha value is -1.03. The van der Waals surface area contributed by atoms with E-state index in [1.807, 2.05) is 0 Å². The molecule has 0 heterocycles. The number of hydrogen-bond donors (Lipinski definition) is 1. The van der Waals surface area contributed by atoms with Crippen LogP contribution in [-0.2, 0) is 11.8 Å². The third kappa shape index (κ3) is 2.96. The highest BCUT2D eigenvalue weighted by Gasteiger charge is 2.42. The maximum Gasteiger partial charge on any atom is 0.416 e. The van der Waals surface area contributed by atoms with E-state index in [4.69, 9.17) is 0 Å². The van der Waals surface area contributed by atoms with Crippen molar-refractivity contribution in [2.75, 3.05) is 0 Å². The maximum atomic E-state index is 12.8. The van der Waals surface area contributed by atoms with E-state index < -0.39 is 17.3 Å². The van der Waals surface area contributed by atoms with Crippen molar-refractivity contribution in [1.29, 1.82) is 0 Å². The molecule has 2 fully saturated rings. The molecule has 21 heavy (non-hydrogen) atoms. The minimum absolute atomic E-state index is 0.533. The molecule has 4 heteroatoms. The Morgan fingerprint density at radius 3 is 2.43 bits per heavy atom. The molecule has 0 radical (unpaired) electrons. The summed E-state index contributed by atoms with van der Waals surface area (Å²) in [5.41, 5.74) is -0.355. The lowest BCUT2D eigenvalue weighted by Gasteiger charge is -2.38. The molecule has 3 rings (SSSR count). The second kappa shape index (κ2) is 5.01. The van der Waals surface area contributed by atoms with Crippen molar-refractivity contribution >= 4 is 0 Å². The summed E-state index contributed by atoms with van der Waals surface area (Å²) in [5.74, 6) is 1.26. The monoisotopic (exact) mass is 298 g/mol. The van der Waals surface area contributed by atoms with E-state index in [9.17, 15) is 18.3 Å². The average molecular weight is 298 g/mol. The van der Waals surface area contributed by atoms with Crippen LogP contribution in [0.5, 0.6) is 0 Å². The summed E-state index contributed by atoms with van der Waals surface area (Å²) in [7, 11) is 0. The van der Waals surface area contributed by atoms with Crippen molar-refractivity contribution in [3.8, 4) is 0 Å². The van der Waals surface area contributed by atoms with Gasteiger partial charge in [-0.2, -0.15) is 13.2 Å². The summed E-state index contributed by atoms with van der Waals surface area (Å²) in [4.78, 5) is 0. The van der Waals surface area contributed by atoms with E-state index in [1.54, 1.807) is 6.92 Å². The summed E-state index contributed by atoms with van der Waals surface area (Å²) < 4.78 is 38.3. The molecule has 1 nitrogen and oxygen atoms in total. The largest absolute Gasteiger partial charge is 0.416 e. The Labute approximate surface area is 123 Å². The Morgan fingerprint density at radius 2 is 1.86 bits per heavy atom. The fraction of sp³-hybridized carbons (Fsp3) is 0.647. The SMILES string of the molecule is Cc1cc(C(F)(F)F)ccc1C1(O)CCCC(C2CC2)C1. The van der Waals surface area contributed by atoms with Crippen molar-refractivity contribution in [1.82, 2.24) is 0 Å². The van der Waals surface area contributed by atoms with Crippen LogP contribution in [0, 0.1) is 18.8 Å². The molecule has 0 spiro atoms. The van der Waals surface area contributed by atoms with Gasteiger partial charge in [0.1, 0.15) is 0 Å². The van der Waals surface area contributed by atoms with Gasteiger partial charge in [0.25, 0.3) is 0 Å². The zero-order valence-electron chi connectivity index (χ0n) is 12.2. The van der Waals surface area contributed by atoms with Crippen LogP contribution in [0.25, 0.3) is 0 Å². The lowest BCUT2D eigenvalue weighted by molar-refractivity contribution is -0.137. The molecule has 116 valence electrons. The lowest BCUT2D eigenvalue weighted by Crippen LogP contribution is -2.34. The van der Waals surface area contributed by atoms with Crippen molar-refractivity contribution < 1.29 is 18.3 Å². The van der Waals surface area contributed by atoms with Crippen molar-refractivity contribution in [3.05, 3.63) is 34.9 Å². The van der Waals surface area contributed by atoms with Gasteiger partial charge in [-0.15, -0.1) is 0 Å². The highest BCUT2D eigenvalue weighted by molar-refractivity contribution is 5.36. The molecular weight excluding hydrogens is 277 g/mol. The highest BCUT2D eigenvalue weighted by Crippen LogP contribution is 2.50. The number of alkyl halides is 3. The first-order valence-corrected chi connectivity index (χ1v) is 7.70. The number of benzene rings is 1. The van der Waals surface area contributed by atoms with Gasteiger partial charge in [0.05, 0.1) is 11.2 Å². The molecule has 2 aliphatic rings. The first-order chi connectivity index (χ1) is 9.79. The van der Waals surface area contributed by atoms with Crippen LogP contribution in [-0.4, -0.2) is 5.11 Å². The predicted molar refractivity (Wildman–Crippen MR) is 74.8 cm³/mol. The minimum Gasteiger partial charge on any atom is -0.385 e. The van der Waals surface area contributed by atoms with Crippen LogP contribution in [0.3, 0.4) is 0 Å². The second-order valence-electron chi connectivity index (χ2n) is 6.75. The van der Waals surface area contributed by atoms with Crippen LogP contribution < -0.4 is 0 Å². The quantitative estimate of drug-likeness (QED) is 0.831. The summed E-state index contributed by atoms with van der Waals surface area (Å²) >= 11 is 0. The van der Waals surface area contributed by atoms with Crippen LogP contribution in [0.15, 0.2) is 18.2 Å². The molecule has 0 amide bonds. The number of aliphatic hydroxyl groups is 1. The number of halogens is 3. The normalized spacial score (nSPS) is 30.4. The fourth-order valence-corrected chi connectivity index (χ4v) is 3.87. The summed E-state index contributed by atoms with van der Waals surface area (Å²) in [6.45, 7) is 1.67. The van der Waals surface area contributed by atoms with Crippen LogP contribution in [0.1, 0.15) is 55.2 Å². The van der Waals surface area contributed by atoms with Gasteiger partial charge in [-0.1, -0.05) is 6.07 Å². The second-order valence-corrected chi connectivity index (χ2v) is 6.75. The van der Waals surface area contributed by atoms with Crippen molar-refractivity contribution in [2.24, 2.45) is 11.8 Å². The number of hydrogen-bond acceptors (Lipinski definition) is 1. The van der Waals surface area contributed by atoms with E-state index in [0.29, 0.717) is 29.9 Å². The Morgan fingerprint density at radius 1 is 1.14 bits per heavy atom. The van der Waals surface area contributed by atoms with Crippen LogP contribution in [0.4, 0.5) is 13.2 Å². The molecular formula is C17H21F3O. The summed E-state index contributed by atoms with van der Waals surface area (Å²) in [5, 5.41) is 11.0. The molecule has 0 aromatic heterocycles. The molecule has 0 bridgehead atoms. The van der Waals surface area contributed by atoms with Crippen LogP contribution in [0.2, 0.25) is 0 Å². The fourth-order valence-electron chi connectivity index (χ4n) is 3.87. The molecule has 0 aliphatic heterocycles. The molecule has 1 aromatic rings. The first kappa shape index (κ1) is 14.9. The topological polar surface area (TPSA) is 20.2 Å². The van der Waals surface area contributed by atoms with E-state index in [2.05, 4.69) is 0 Å². The molecule has 1 aromatic carbocycles. The van der Waals surface area contributed by atoms with E-state index in [1.165, 1.54) is 18.9 Å². The number of rotatable bonds is 2. The van der Waals surface area contributed by atoms with Gasteiger partial charge >= 0.3 is 6.18 Å². The van der Waals surface area contributed by atoms with Gasteiger partial charge in [-0.3, -0.25) is 0 Å². The van der Waals surface area contributed by atoms with E-state index >= 15 is 0 Å². The standard InChI is InChI=1S/C17H21F3O/c1-11-9-14(17(18,19)20)6-7-15(11)16(21)8-2-3-13(10-16)12-4-5-12/h6-7,9,12-13,21H,2-5,8,10H2,1H3. The Balaban J connectivity index is 1.88. The van der Waals surface area contributed by atoms with Gasteiger partial charge in [-0.05, 0) is 80.5 Å². The summed E-state index contributed by atoms with van der Waals surface area (Å²) in [6.07, 6.45) is 1.62. The van der Waals surface area contributed by atoms with Crippen molar-refractivity contribution in [2.45, 2.75) is 57.2 Å². The molecule has 2 unspecified atom stereocenters. The Bertz CT molecular complexity index is 533. The van der Waals surface area contributed by atoms with Gasteiger partial charge in [0, 0.05) is 0 Å². The van der Waals surface area contributed by atoms with Gasteiger partial charge < -0.3 is 5.11 Å². The number of aryl methyl sites for hydroxylation is 1. The predicted octanol–water partition coefficient (Wildman–Crippen LogP) is 4.80. The molecule has 2 saturated carbocycles. The first-order valence-electron chi connectivity index (χ1n) is 7.70. The molecule has 2 atom stereocenters. The third-order valence-electron chi connectivity index (χ3n) is 5.11. The van der Waals surface area contributed by atoms with Gasteiger partial charge in [-0.25, -0.2) is 0 Å². The minimum atomic E-state index is -4.32. The summed E-state index contributed by atoms with van der Waals surface area (Å²) in [6, 6.07) is 3.74. The zero-order valence-corrected chi connectivity index (χ0v) is 12.2. The smallest absolute Gasteiger partial charge is 0.385 e. The molecule has 0 saturated heterocycles. The van der Waals surface area contributed by atoms with E-state index in [0.717, 1.165) is 30.9 Å². The van der Waals surface area contributed by atoms with E-state index in [-0.39, 0.29) is 0 Å². The van der Waals surface area contributed by atoms with Crippen LogP contribution >= 0.6 is 0 Å². The van der Waals surface area contributed by atoms with Gasteiger partial charge in [0.2, 0.25) is 0 Å². The highest BCUT2D eigenvalue weighted by atomic mass is 19.4. The molecule has 2 aliphatic carbocycles. The van der Waals surface area contributed by atoms with Gasteiger partial charge in [0.15, 0.2) is 0 Å². The zero-order chi connectivity index (χ0) is 15.3. The lowest BCUT2D eigenvalue weighted by atomic mass is 9.71. The maximum absolute atomic E-state index is 12.8. The van der Waals surface area contributed by atoms with Crippen molar-refractivity contribution in [3.63, 3.8) is 0 Å². The third-order valence-corrected chi connectivity index (χ3v) is 5.11. The molecule has 1 N–H and O–H groups in total.